The van der Waals surface area contributed by atoms with Crippen molar-refractivity contribution < 1.29 is 18.8 Å². The van der Waals surface area contributed by atoms with Crippen molar-refractivity contribution >= 4 is 21.9 Å². The molecule has 0 saturated carbocycles. The molecule has 2 aromatic heterocycles. The fraction of sp³-hybridized carbons (Fsp3) is 0.194. The zero-order valence-corrected chi connectivity index (χ0v) is 20.4. The fourth-order valence-corrected chi connectivity index (χ4v) is 4.56. The van der Waals surface area contributed by atoms with Gasteiger partial charge in [-0.15, -0.1) is 0 Å². The number of aliphatic hydroxyl groups is 1. The van der Waals surface area contributed by atoms with Crippen molar-refractivity contribution in [3.63, 3.8) is 0 Å². The molecule has 4 nitrogen and oxygen atoms in total. The van der Waals surface area contributed by atoms with Gasteiger partial charge >= 0.3 is 0 Å². The van der Waals surface area contributed by atoms with Crippen LogP contribution in [0.3, 0.4) is 0 Å². The molecule has 2 heterocycles. The van der Waals surface area contributed by atoms with Crippen LogP contribution in [-0.2, 0) is 11.3 Å². The van der Waals surface area contributed by atoms with E-state index in [1.165, 1.54) is 11.1 Å². The minimum atomic E-state index is -0.158. The molecule has 0 aliphatic heterocycles. The van der Waals surface area contributed by atoms with Crippen molar-refractivity contribution in [2.75, 3.05) is 6.61 Å². The lowest BCUT2D eigenvalue weighted by Crippen LogP contribution is -2.38. The molecule has 0 saturated heterocycles. The van der Waals surface area contributed by atoms with E-state index < -0.39 is 0 Å². The molecule has 0 fully saturated rings. The monoisotopic (exact) mass is 464 g/mol. The van der Waals surface area contributed by atoms with Gasteiger partial charge in [0, 0.05) is 22.9 Å². The van der Waals surface area contributed by atoms with Gasteiger partial charge in [0.25, 0.3) is 0 Å². The topological polar surface area (TPSA) is 46.5 Å². The van der Waals surface area contributed by atoms with Gasteiger partial charge in [0.1, 0.15) is 17.8 Å². The molecule has 0 aliphatic rings. The van der Waals surface area contributed by atoms with E-state index in [9.17, 15) is 5.11 Å². The maximum absolute atomic E-state index is 9.51. The van der Waals surface area contributed by atoms with Crippen molar-refractivity contribution in [2.24, 2.45) is 0 Å². The second-order valence-electron chi connectivity index (χ2n) is 9.02. The van der Waals surface area contributed by atoms with Crippen LogP contribution in [0.25, 0.3) is 44.3 Å². The normalized spacial score (nSPS) is 12.9. The Kier molecular flexibility index (Phi) is 6.39. The molecular weight excluding hydrogens is 434 g/mol. The van der Waals surface area contributed by atoms with E-state index in [2.05, 4.69) is 78.4 Å². The Labute approximate surface area is 205 Å². The molecule has 0 aliphatic carbocycles. The number of aromatic nitrogens is 1. The third-order valence-electron chi connectivity index (χ3n) is 6.29. The standard InChI is InChI=1S/C31H29NO3/c1-21-11-13-24(14-12-21)25-15-16-32(17-18-34-23(3)19-22(2)33)29(20-25)28-9-6-8-27-26-7-4-5-10-30(26)35-31(27)28/h4-16,19-20,23H,17-18H2,1-3H3/p+1/b22-19-. The van der Waals surface area contributed by atoms with Crippen LogP contribution >= 0.6 is 0 Å². The second kappa shape index (κ2) is 9.77. The largest absolute Gasteiger partial charge is 0.513 e. The van der Waals surface area contributed by atoms with E-state index in [-0.39, 0.29) is 11.9 Å². The summed E-state index contributed by atoms with van der Waals surface area (Å²) in [4.78, 5) is 0. The van der Waals surface area contributed by atoms with Gasteiger partial charge in [-0.25, -0.2) is 0 Å². The predicted octanol–water partition coefficient (Wildman–Crippen LogP) is 7.38. The first-order chi connectivity index (χ1) is 17.0. The average Bonchev–Trinajstić information content (AvgIpc) is 3.23. The molecule has 35 heavy (non-hydrogen) atoms. The van der Waals surface area contributed by atoms with Crippen LogP contribution in [0.5, 0.6) is 0 Å². The average molecular weight is 465 g/mol. The van der Waals surface area contributed by atoms with Gasteiger partial charge in [-0.05, 0) is 50.1 Å². The van der Waals surface area contributed by atoms with E-state index in [0.717, 1.165) is 38.8 Å². The Morgan fingerprint density at radius 3 is 2.54 bits per heavy atom. The molecule has 0 spiro atoms. The fourth-order valence-electron chi connectivity index (χ4n) is 4.56. The molecule has 3 aromatic carbocycles. The van der Waals surface area contributed by atoms with Crippen LogP contribution in [0, 0.1) is 6.92 Å². The Morgan fingerprint density at radius 1 is 0.971 bits per heavy atom. The van der Waals surface area contributed by atoms with Crippen LogP contribution in [-0.4, -0.2) is 17.8 Å². The number of furan rings is 1. The van der Waals surface area contributed by atoms with Gasteiger partial charge in [-0.3, -0.25) is 0 Å². The van der Waals surface area contributed by atoms with Gasteiger partial charge in [0.05, 0.1) is 17.4 Å². The molecular formula is C31H30NO3+. The number of para-hydroxylation sites is 2. The first-order valence-corrected chi connectivity index (χ1v) is 12.0. The Morgan fingerprint density at radius 2 is 1.74 bits per heavy atom. The summed E-state index contributed by atoms with van der Waals surface area (Å²) in [5, 5.41) is 11.7. The Balaban J connectivity index is 1.60. The van der Waals surface area contributed by atoms with Gasteiger partial charge in [-0.2, -0.15) is 4.57 Å². The van der Waals surface area contributed by atoms with Gasteiger partial charge < -0.3 is 14.3 Å². The molecule has 4 heteroatoms. The summed E-state index contributed by atoms with van der Waals surface area (Å²) in [5.41, 5.74) is 7.46. The number of benzene rings is 3. The lowest BCUT2D eigenvalue weighted by molar-refractivity contribution is -0.688. The van der Waals surface area contributed by atoms with E-state index >= 15 is 0 Å². The lowest BCUT2D eigenvalue weighted by Gasteiger charge is -2.11. The van der Waals surface area contributed by atoms with E-state index in [4.69, 9.17) is 9.15 Å². The highest BCUT2D eigenvalue weighted by atomic mass is 16.5. The molecule has 1 unspecified atom stereocenters. The first-order valence-electron chi connectivity index (χ1n) is 12.0. The van der Waals surface area contributed by atoms with Crippen LogP contribution in [0.15, 0.2) is 101 Å². The third kappa shape index (κ3) is 4.84. The van der Waals surface area contributed by atoms with Crippen molar-refractivity contribution in [2.45, 2.75) is 33.4 Å². The number of allylic oxidation sites excluding steroid dienone is 1. The van der Waals surface area contributed by atoms with Crippen LogP contribution in [0.4, 0.5) is 0 Å². The number of aliphatic hydroxyl groups excluding tert-OH is 1. The number of ether oxygens (including phenoxy) is 1. The summed E-state index contributed by atoms with van der Waals surface area (Å²) < 4.78 is 14.5. The zero-order valence-electron chi connectivity index (χ0n) is 20.4. The number of hydrogen-bond donors (Lipinski definition) is 1. The lowest BCUT2D eigenvalue weighted by atomic mass is 10.0. The van der Waals surface area contributed by atoms with E-state index in [1.807, 2.05) is 25.1 Å². The second-order valence-corrected chi connectivity index (χ2v) is 9.02. The molecule has 5 rings (SSSR count). The zero-order chi connectivity index (χ0) is 24.4. The third-order valence-corrected chi connectivity index (χ3v) is 6.29. The Bertz CT molecular complexity index is 1510. The first kappa shape index (κ1) is 22.9. The summed E-state index contributed by atoms with van der Waals surface area (Å²) in [5.74, 6) is 0.268. The highest BCUT2D eigenvalue weighted by Gasteiger charge is 2.21. The number of rotatable bonds is 7. The van der Waals surface area contributed by atoms with Crippen LogP contribution < -0.4 is 4.57 Å². The minimum Gasteiger partial charge on any atom is -0.513 e. The molecule has 176 valence electrons. The van der Waals surface area contributed by atoms with Crippen LogP contribution in [0.1, 0.15) is 19.4 Å². The highest BCUT2D eigenvalue weighted by molar-refractivity contribution is 6.09. The number of fused-ring (bicyclic) bond motifs is 3. The number of hydrogen-bond acceptors (Lipinski definition) is 3. The van der Waals surface area contributed by atoms with E-state index in [1.54, 1.807) is 13.0 Å². The smallest absolute Gasteiger partial charge is 0.217 e. The number of pyridine rings is 1. The minimum absolute atomic E-state index is 0.158. The van der Waals surface area contributed by atoms with Crippen molar-refractivity contribution in [3.05, 3.63) is 102 Å². The van der Waals surface area contributed by atoms with Gasteiger partial charge in [-0.1, -0.05) is 60.2 Å². The van der Waals surface area contributed by atoms with Gasteiger partial charge in [0.2, 0.25) is 5.69 Å². The summed E-state index contributed by atoms with van der Waals surface area (Å²) in [6, 6.07) is 27.5. The van der Waals surface area contributed by atoms with Gasteiger partial charge in [0.15, 0.2) is 12.7 Å². The molecule has 0 amide bonds. The summed E-state index contributed by atoms with van der Waals surface area (Å²) in [6.45, 7) is 6.88. The number of nitrogens with zero attached hydrogens (tertiary/aromatic N) is 1. The molecule has 0 radical (unpaired) electrons. The Hall–Kier alpha value is -3.89. The summed E-state index contributed by atoms with van der Waals surface area (Å²) in [6.07, 6.45) is 3.67. The quantitative estimate of drug-likeness (QED) is 0.202. The molecule has 5 aromatic rings. The summed E-state index contributed by atoms with van der Waals surface area (Å²) in [7, 11) is 0. The van der Waals surface area contributed by atoms with Crippen molar-refractivity contribution in [3.8, 4) is 22.4 Å². The highest BCUT2D eigenvalue weighted by Crippen LogP contribution is 2.35. The predicted molar refractivity (Wildman–Crippen MR) is 141 cm³/mol. The number of aryl methyl sites for hydroxylation is 1. The van der Waals surface area contributed by atoms with Crippen LogP contribution in [0.2, 0.25) is 0 Å². The maximum atomic E-state index is 9.51. The van der Waals surface area contributed by atoms with Crippen molar-refractivity contribution in [1.82, 2.24) is 0 Å². The molecule has 1 N–H and O–H groups in total. The van der Waals surface area contributed by atoms with Crippen molar-refractivity contribution in [1.29, 1.82) is 0 Å². The summed E-state index contributed by atoms with van der Waals surface area (Å²) >= 11 is 0. The van der Waals surface area contributed by atoms with E-state index in [0.29, 0.717) is 13.2 Å². The maximum Gasteiger partial charge on any atom is 0.217 e. The molecule has 1 atom stereocenters. The SMILES string of the molecule is C/C(O)=C/C(C)OCC[n+]1ccc(-c2ccc(C)cc2)cc1-c1cccc2c1oc1ccccc12. The molecule has 0 bridgehead atoms.